The summed E-state index contributed by atoms with van der Waals surface area (Å²) in [5.74, 6) is 0. The highest BCUT2D eigenvalue weighted by Crippen LogP contribution is 2.28. The van der Waals surface area contributed by atoms with Gasteiger partial charge in [0, 0.05) is 51.1 Å². The molecule has 0 aromatic carbocycles. The van der Waals surface area contributed by atoms with Crippen LogP contribution < -0.4 is 5.73 Å². The largest absolute Gasteiger partial charge is 0.381 e. The summed E-state index contributed by atoms with van der Waals surface area (Å²) in [6.07, 6.45) is 6.49. The van der Waals surface area contributed by atoms with Crippen LogP contribution >= 0.6 is 0 Å². The third-order valence-corrected chi connectivity index (χ3v) is 4.02. The molecule has 2 N–H and O–H groups in total. The van der Waals surface area contributed by atoms with Gasteiger partial charge in [-0.1, -0.05) is 0 Å². The van der Waals surface area contributed by atoms with Crippen LogP contribution in [0.1, 0.15) is 31.4 Å². The fraction of sp³-hybridized carbons (Fsp3) is 0.769. The molecule has 5 heteroatoms. The van der Waals surface area contributed by atoms with Gasteiger partial charge in [-0.25, -0.2) is 0 Å². The first-order chi connectivity index (χ1) is 8.65. The zero-order valence-electron chi connectivity index (χ0n) is 11.5. The molecule has 1 aliphatic heterocycles. The molecule has 0 radical (unpaired) electrons. The van der Waals surface area contributed by atoms with Crippen LogP contribution in [0.2, 0.25) is 0 Å². The van der Waals surface area contributed by atoms with Gasteiger partial charge in [-0.05, 0) is 19.8 Å². The molecule has 0 aliphatic carbocycles. The molecular formula is C13H24N4O. The van der Waals surface area contributed by atoms with Crippen molar-refractivity contribution >= 4 is 0 Å². The molecule has 2 rings (SSSR count). The highest BCUT2D eigenvalue weighted by Gasteiger charge is 2.31. The standard InChI is InChI=1S/C13H24N4O/c1-10(11-8-15-16(2)9-11)17-5-4-13(18-3)6-12(17)7-14/h8-10,12-13H,4-7,14H2,1-3H3. The summed E-state index contributed by atoms with van der Waals surface area (Å²) < 4.78 is 7.31. The summed E-state index contributed by atoms with van der Waals surface area (Å²) in [5, 5.41) is 4.25. The van der Waals surface area contributed by atoms with Crippen molar-refractivity contribution in [1.29, 1.82) is 0 Å². The van der Waals surface area contributed by atoms with Crippen molar-refractivity contribution < 1.29 is 4.74 Å². The van der Waals surface area contributed by atoms with Gasteiger partial charge < -0.3 is 10.5 Å². The number of ether oxygens (including phenoxy) is 1. The lowest BCUT2D eigenvalue weighted by molar-refractivity contribution is -0.00164. The average Bonchev–Trinajstić information content (AvgIpc) is 2.83. The van der Waals surface area contributed by atoms with Crippen LogP contribution in [-0.2, 0) is 11.8 Å². The number of rotatable bonds is 4. The Labute approximate surface area is 109 Å². The van der Waals surface area contributed by atoms with E-state index < -0.39 is 0 Å². The van der Waals surface area contributed by atoms with Gasteiger partial charge in [0.25, 0.3) is 0 Å². The van der Waals surface area contributed by atoms with E-state index in [0.29, 0.717) is 24.7 Å². The van der Waals surface area contributed by atoms with Gasteiger partial charge in [0.05, 0.1) is 12.3 Å². The van der Waals surface area contributed by atoms with Crippen LogP contribution in [0.4, 0.5) is 0 Å². The summed E-state index contributed by atoms with van der Waals surface area (Å²) >= 11 is 0. The Kier molecular flexibility index (Phi) is 4.37. The zero-order valence-corrected chi connectivity index (χ0v) is 11.5. The summed E-state index contributed by atoms with van der Waals surface area (Å²) in [7, 11) is 3.74. The lowest BCUT2D eigenvalue weighted by atomic mass is 9.96. The predicted molar refractivity (Wildman–Crippen MR) is 71.2 cm³/mol. The number of hydrogen-bond donors (Lipinski definition) is 1. The highest BCUT2D eigenvalue weighted by atomic mass is 16.5. The minimum absolute atomic E-state index is 0.357. The topological polar surface area (TPSA) is 56.3 Å². The minimum atomic E-state index is 0.357. The van der Waals surface area contributed by atoms with Crippen LogP contribution in [0.15, 0.2) is 12.4 Å². The van der Waals surface area contributed by atoms with Gasteiger partial charge in [0.1, 0.15) is 0 Å². The first-order valence-electron chi connectivity index (χ1n) is 6.62. The number of aromatic nitrogens is 2. The molecule has 18 heavy (non-hydrogen) atoms. The second kappa shape index (κ2) is 5.82. The molecular weight excluding hydrogens is 228 g/mol. The lowest BCUT2D eigenvalue weighted by Crippen LogP contribution is -2.49. The van der Waals surface area contributed by atoms with Gasteiger partial charge in [0.2, 0.25) is 0 Å². The van der Waals surface area contributed by atoms with Gasteiger partial charge in [0.15, 0.2) is 0 Å². The zero-order chi connectivity index (χ0) is 13.1. The second-order valence-corrected chi connectivity index (χ2v) is 5.13. The van der Waals surface area contributed by atoms with Gasteiger partial charge in [-0.3, -0.25) is 9.58 Å². The quantitative estimate of drug-likeness (QED) is 0.865. The maximum absolute atomic E-state index is 5.91. The molecule has 0 saturated carbocycles. The second-order valence-electron chi connectivity index (χ2n) is 5.13. The Morgan fingerprint density at radius 1 is 1.61 bits per heavy atom. The number of piperidine rings is 1. The van der Waals surface area contributed by atoms with Crippen molar-refractivity contribution in [2.45, 2.75) is 38.0 Å². The minimum Gasteiger partial charge on any atom is -0.381 e. The smallest absolute Gasteiger partial charge is 0.0599 e. The number of aryl methyl sites for hydroxylation is 1. The van der Waals surface area contributed by atoms with Gasteiger partial charge >= 0.3 is 0 Å². The Morgan fingerprint density at radius 3 is 2.94 bits per heavy atom. The van der Waals surface area contributed by atoms with E-state index in [-0.39, 0.29) is 0 Å². The third-order valence-electron chi connectivity index (χ3n) is 4.02. The van der Waals surface area contributed by atoms with Crippen LogP contribution in [0, 0.1) is 0 Å². The number of hydrogen-bond acceptors (Lipinski definition) is 4. The highest BCUT2D eigenvalue weighted by molar-refractivity contribution is 5.10. The first-order valence-corrected chi connectivity index (χ1v) is 6.62. The van der Waals surface area contributed by atoms with E-state index in [9.17, 15) is 0 Å². The van der Waals surface area contributed by atoms with Crippen LogP contribution in [0.3, 0.4) is 0 Å². The van der Waals surface area contributed by atoms with Gasteiger partial charge in [-0.2, -0.15) is 5.10 Å². The number of likely N-dealkylation sites (tertiary alicyclic amines) is 1. The van der Waals surface area contributed by atoms with Crippen LogP contribution in [-0.4, -0.2) is 47.0 Å². The van der Waals surface area contributed by atoms with Crippen molar-refractivity contribution in [3.63, 3.8) is 0 Å². The maximum Gasteiger partial charge on any atom is 0.0599 e. The molecule has 0 bridgehead atoms. The Balaban J connectivity index is 2.07. The van der Waals surface area contributed by atoms with Crippen molar-refractivity contribution in [3.05, 3.63) is 18.0 Å². The molecule has 1 aromatic rings. The molecule has 2 heterocycles. The summed E-state index contributed by atoms with van der Waals surface area (Å²) in [6, 6.07) is 0.768. The van der Waals surface area contributed by atoms with E-state index in [1.165, 1.54) is 5.56 Å². The molecule has 0 spiro atoms. The molecule has 3 unspecified atom stereocenters. The SMILES string of the molecule is COC1CCN(C(C)c2cnn(C)c2)C(CN)C1. The molecule has 1 fully saturated rings. The monoisotopic (exact) mass is 252 g/mol. The molecule has 3 atom stereocenters. The molecule has 1 aromatic heterocycles. The Bertz CT molecular complexity index is 379. The first kappa shape index (κ1) is 13.5. The molecule has 0 amide bonds. The average molecular weight is 252 g/mol. The molecule has 1 saturated heterocycles. The van der Waals surface area contributed by atoms with E-state index in [1.54, 1.807) is 7.11 Å². The fourth-order valence-electron chi connectivity index (χ4n) is 2.84. The lowest BCUT2D eigenvalue weighted by Gasteiger charge is -2.41. The molecule has 5 nitrogen and oxygen atoms in total. The predicted octanol–water partition coefficient (Wildman–Crippen LogP) is 0.919. The van der Waals surface area contributed by atoms with Crippen molar-refractivity contribution in [3.8, 4) is 0 Å². The van der Waals surface area contributed by atoms with E-state index in [4.69, 9.17) is 10.5 Å². The normalized spacial score (nSPS) is 27.3. The van der Waals surface area contributed by atoms with Crippen LogP contribution in [0.25, 0.3) is 0 Å². The maximum atomic E-state index is 5.91. The van der Waals surface area contributed by atoms with Crippen molar-refractivity contribution in [1.82, 2.24) is 14.7 Å². The van der Waals surface area contributed by atoms with Gasteiger partial charge in [-0.15, -0.1) is 0 Å². The van der Waals surface area contributed by atoms with Crippen molar-refractivity contribution in [2.24, 2.45) is 12.8 Å². The van der Waals surface area contributed by atoms with E-state index >= 15 is 0 Å². The fourth-order valence-corrected chi connectivity index (χ4v) is 2.84. The number of nitrogens with zero attached hydrogens (tertiary/aromatic N) is 3. The van der Waals surface area contributed by atoms with E-state index in [0.717, 1.165) is 19.4 Å². The third kappa shape index (κ3) is 2.74. The van der Waals surface area contributed by atoms with Crippen molar-refractivity contribution in [2.75, 3.05) is 20.2 Å². The summed E-state index contributed by atoms with van der Waals surface area (Å²) in [6.45, 7) is 3.95. The summed E-state index contributed by atoms with van der Waals surface area (Å²) in [4.78, 5) is 2.48. The van der Waals surface area contributed by atoms with Crippen LogP contribution in [0.5, 0.6) is 0 Å². The number of methoxy groups -OCH3 is 1. The Morgan fingerprint density at radius 2 is 2.39 bits per heavy atom. The van der Waals surface area contributed by atoms with E-state index in [2.05, 4.69) is 23.1 Å². The number of nitrogens with two attached hydrogens (primary N) is 1. The summed E-state index contributed by atoms with van der Waals surface area (Å²) in [5.41, 5.74) is 7.17. The Hall–Kier alpha value is -0.910. The molecule has 1 aliphatic rings. The molecule has 102 valence electrons. The van der Waals surface area contributed by atoms with E-state index in [1.807, 2.05) is 17.9 Å².